The zero-order valence-corrected chi connectivity index (χ0v) is 15.9. The zero-order chi connectivity index (χ0) is 19.1. The zero-order valence-electron chi connectivity index (χ0n) is 15.1. The van der Waals surface area contributed by atoms with E-state index in [0.29, 0.717) is 17.9 Å². The number of benzene rings is 1. The smallest absolute Gasteiger partial charge is 0.339 e. The second-order valence-electron chi connectivity index (χ2n) is 6.23. The Morgan fingerprint density at radius 2 is 2.22 bits per heavy atom. The summed E-state index contributed by atoms with van der Waals surface area (Å²) >= 11 is 1.46. The van der Waals surface area contributed by atoms with Crippen LogP contribution in [-0.4, -0.2) is 42.9 Å². The number of rotatable bonds is 8. The van der Waals surface area contributed by atoms with Crippen molar-refractivity contribution >= 4 is 23.6 Å². The normalized spacial score (nSPS) is 16.3. The van der Waals surface area contributed by atoms with Crippen LogP contribution in [0, 0.1) is 6.92 Å². The molecule has 144 valence electrons. The van der Waals surface area contributed by atoms with Gasteiger partial charge in [0.2, 0.25) is 0 Å². The van der Waals surface area contributed by atoms with E-state index in [9.17, 15) is 9.59 Å². The summed E-state index contributed by atoms with van der Waals surface area (Å²) in [6.07, 6.45) is 2.01. The summed E-state index contributed by atoms with van der Waals surface area (Å²) in [6, 6.07) is 8.99. The van der Waals surface area contributed by atoms with E-state index in [2.05, 4.69) is 10.5 Å². The fraction of sp³-hybridized carbons (Fsp3) is 0.421. The highest BCUT2D eigenvalue weighted by Crippen LogP contribution is 2.26. The highest BCUT2D eigenvalue weighted by Gasteiger charge is 2.18. The Labute approximate surface area is 161 Å². The van der Waals surface area contributed by atoms with E-state index in [1.165, 1.54) is 11.8 Å². The van der Waals surface area contributed by atoms with Gasteiger partial charge in [0, 0.05) is 29.9 Å². The summed E-state index contributed by atoms with van der Waals surface area (Å²) in [5.74, 6) is 0.458. The lowest BCUT2D eigenvalue weighted by molar-refractivity contribution is -0.124. The van der Waals surface area contributed by atoms with Crippen LogP contribution in [0.5, 0.6) is 0 Å². The van der Waals surface area contributed by atoms with E-state index < -0.39 is 5.97 Å². The van der Waals surface area contributed by atoms with Crippen LogP contribution in [0.3, 0.4) is 0 Å². The fourth-order valence-electron chi connectivity index (χ4n) is 2.69. The summed E-state index contributed by atoms with van der Waals surface area (Å²) in [5.41, 5.74) is 1.23. The second kappa shape index (κ2) is 9.57. The van der Waals surface area contributed by atoms with Crippen molar-refractivity contribution in [3.05, 3.63) is 47.3 Å². The van der Waals surface area contributed by atoms with Gasteiger partial charge in [0.15, 0.2) is 6.61 Å². The molecule has 27 heavy (non-hydrogen) atoms. The number of hydrogen-bond acceptors (Lipinski definition) is 7. The maximum atomic E-state index is 12.4. The molecule has 0 radical (unpaired) electrons. The summed E-state index contributed by atoms with van der Waals surface area (Å²) < 4.78 is 15.7. The molecular weight excluding hydrogens is 368 g/mol. The minimum atomic E-state index is -0.526. The number of ether oxygens (including phenoxy) is 2. The Morgan fingerprint density at radius 3 is 2.96 bits per heavy atom. The molecule has 0 bridgehead atoms. The van der Waals surface area contributed by atoms with E-state index in [4.69, 9.17) is 14.0 Å². The van der Waals surface area contributed by atoms with Gasteiger partial charge in [-0.3, -0.25) is 4.79 Å². The maximum absolute atomic E-state index is 12.4. The maximum Gasteiger partial charge on any atom is 0.339 e. The number of aryl methyl sites for hydroxylation is 1. The minimum Gasteiger partial charge on any atom is -0.452 e. The molecule has 0 aliphatic carbocycles. The van der Waals surface area contributed by atoms with Crippen molar-refractivity contribution in [2.24, 2.45) is 0 Å². The van der Waals surface area contributed by atoms with Gasteiger partial charge in [-0.1, -0.05) is 17.3 Å². The average molecular weight is 390 g/mol. The van der Waals surface area contributed by atoms with Gasteiger partial charge in [-0.05, 0) is 31.9 Å². The number of thioether (sulfide) groups is 1. The molecule has 2 aromatic rings. The first-order valence-corrected chi connectivity index (χ1v) is 9.80. The summed E-state index contributed by atoms with van der Waals surface area (Å²) in [4.78, 5) is 25.0. The number of amides is 1. The Balaban J connectivity index is 1.49. The van der Waals surface area contributed by atoms with Gasteiger partial charge in [0.05, 0.1) is 17.4 Å². The largest absolute Gasteiger partial charge is 0.452 e. The molecule has 1 N–H and O–H groups in total. The molecule has 0 unspecified atom stereocenters. The van der Waals surface area contributed by atoms with Crippen molar-refractivity contribution in [3.63, 3.8) is 0 Å². The first-order chi connectivity index (χ1) is 13.1. The van der Waals surface area contributed by atoms with Crippen molar-refractivity contribution in [1.29, 1.82) is 0 Å². The molecule has 1 fully saturated rings. The molecule has 1 amide bonds. The highest BCUT2D eigenvalue weighted by atomic mass is 32.2. The van der Waals surface area contributed by atoms with Crippen LogP contribution in [0.25, 0.3) is 0 Å². The van der Waals surface area contributed by atoms with Crippen LogP contribution in [-0.2, 0) is 20.0 Å². The Kier molecular flexibility index (Phi) is 6.89. The summed E-state index contributed by atoms with van der Waals surface area (Å²) in [5, 5.41) is 6.67. The quantitative estimate of drug-likeness (QED) is 0.547. The van der Waals surface area contributed by atoms with Gasteiger partial charge in [-0.25, -0.2) is 4.79 Å². The van der Waals surface area contributed by atoms with Gasteiger partial charge in [0.25, 0.3) is 5.91 Å². The van der Waals surface area contributed by atoms with Gasteiger partial charge < -0.3 is 19.3 Å². The third-order valence-electron chi connectivity index (χ3n) is 4.04. The van der Waals surface area contributed by atoms with E-state index >= 15 is 0 Å². The fourth-order valence-corrected chi connectivity index (χ4v) is 3.61. The number of aromatic nitrogens is 1. The first kappa shape index (κ1) is 19.4. The second-order valence-corrected chi connectivity index (χ2v) is 7.25. The van der Waals surface area contributed by atoms with Gasteiger partial charge in [0.1, 0.15) is 5.76 Å². The third kappa shape index (κ3) is 5.83. The van der Waals surface area contributed by atoms with Crippen LogP contribution in [0.15, 0.2) is 39.8 Å². The standard InChI is InChI=1S/C19H22N2O5S/c1-13-9-14(21-26-13)12-27-17-7-3-2-6-16(17)19(23)25-11-18(22)20-10-15-5-4-8-24-15/h2-3,6-7,9,15H,4-5,8,10-12H2,1H3,(H,20,22)/t15-/m1/s1. The van der Waals surface area contributed by atoms with Crippen LogP contribution in [0.2, 0.25) is 0 Å². The lowest BCUT2D eigenvalue weighted by atomic mass is 10.2. The molecule has 1 aliphatic rings. The summed E-state index contributed by atoms with van der Waals surface area (Å²) in [6.45, 7) is 2.70. The number of carbonyl (C=O) groups excluding carboxylic acids is 2. The molecule has 1 aromatic heterocycles. The van der Waals surface area contributed by atoms with Crippen LogP contribution < -0.4 is 5.32 Å². The molecule has 1 saturated heterocycles. The van der Waals surface area contributed by atoms with Crippen molar-refractivity contribution in [3.8, 4) is 0 Å². The predicted molar refractivity (Wildman–Crippen MR) is 99.5 cm³/mol. The molecular formula is C19H22N2O5S. The van der Waals surface area contributed by atoms with Crippen LogP contribution in [0.1, 0.15) is 34.7 Å². The average Bonchev–Trinajstić information content (AvgIpc) is 3.34. The Hall–Kier alpha value is -2.32. The molecule has 3 rings (SSSR count). The number of nitrogens with one attached hydrogen (secondary N) is 1. The number of esters is 1. The molecule has 0 saturated carbocycles. The minimum absolute atomic E-state index is 0.0574. The molecule has 8 heteroatoms. The highest BCUT2D eigenvalue weighted by molar-refractivity contribution is 7.98. The van der Waals surface area contributed by atoms with E-state index in [1.54, 1.807) is 12.1 Å². The van der Waals surface area contributed by atoms with Gasteiger partial charge >= 0.3 is 5.97 Å². The lowest BCUT2D eigenvalue weighted by Crippen LogP contribution is -2.34. The number of hydrogen-bond donors (Lipinski definition) is 1. The van der Waals surface area contributed by atoms with Gasteiger partial charge in [-0.15, -0.1) is 11.8 Å². The van der Waals surface area contributed by atoms with E-state index in [-0.39, 0.29) is 18.6 Å². The SMILES string of the molecule is Cc1cc(CSc2ccccc2C(=O)OCC(=O)NC[C@H]2CCCO2)no1. The van der Waals surface area contributed by atoms with E-state index in [0.717, 1.165) is 35.8 Å². The van der Waals surface area contributed by atoms with Crippen molar-refractivity contribution in [2.75, 3.05) is 19.8 Å². The molecule has 1 aromatic carbocycles. The lowest BCUT2D eigenvalue weighted by Gasteiger charge is -2.11. The monoisotopic (exact) mass is 390 g/mol. The molecule has 2 heterocycles. The Morgan fingerprint density at radius 1 is 1.37 bits per heavy atom. The third-order valence-corrected chi connectivity index (χ3v) is 5.15. The molecule has 0 spiro atoms. The molecule has 1 atom stereocenters. The van der Waals surface area contributed by atoms with Gasteiger partial charge in [-0.2, -0.15) is 0 Å². The molecule has 1 aliphatic heterocycles. The first-order valence-electron chi connectivity index (χ1n) is 8.81. The predicted octanol–water partition coefficient (Wildman–Crippen LogP) is 2.73. The number of carbonyl (C=O) groups is 2. The van der Waals surface area contributed by atoms with Crippen LogP contribution in [0.4, 0.5) is 0 Å². The number of nitrogens with zero attached hydrogens (tertiary/aromatic N) is 1. The van der Waals surface area contributed by atoms with Crippen molar-refractivity contribution < 1.29 is 23.6 Å². The van der Waals surface area contributed by atoms with Crippen molar-refractivity contribution in [2.45, 2.75) is 36.5 Å². The van der Waals surface area contributed by atoms with Crippen molar-refractivity contribution in [1.82, 2.24) is 10.5 Å². The Bertz CT molecular complexity index is 786. The molecule has 7 nitrogen and oxygen atoms in total. The van der Waals surface area contributed by atoms with Crippen LogP contribution >= 0.6 is 11.8 Å². The topological polar surface area (TPSA) is 90.7 Å². The van der Waals surface area contributed by atoms with E-state index in [1.807, 2.05) is 25.1 Å². The summed E-state index contributed by atoms with van der Waals surface area (Å²) in [7, 11) is 0.